The molecule has 0 saturated carbocycles. The highest BCUT2D eigenvalue weighted by molar-refractivity contribution is 5.87. The number of ether oxygens (including phenoxy) is 1. The minimum atomic E-state index is -0.486. The van der Waals surface area contributed by atoms with Crippen molar-refractivity contribution in [1.82, 2.24) is 5.32 Å². The molecule has 0 radical (unpaired) electrons. The number of nitrogen functional groups attached to an aromatic ring is 1. The second-order valence-corrected chi connectivity index (χ2v) is 5.47. The molecule has 1 fully saturated rings. The van der Waals surface area contributed by atoms with Gasteiger partial charge in [-0.2, -0.15) is 0 Å². The quantitative estimate of drug-likeness (QED) is 0.833. The van der Waals surface area contributed by atoms with Gasteiger partial charge < -0.3 is 20.7 Å². The summed E-state index contributed by atoms with van der Waals surface area (Å²) in [6.07, 6.45) is 1.52. The zero-order valence-corrected chi connectivity index (χ0v) is 12.6. The Balaban J connectivity index is 2.36. The lowest BCUT2D eigenvalue weighted by molar-refractivity contribution is -0.121. The maximum Gasteiger partial charge on any atom is 0.242 e. The summed E-state index contributed by atoms with van der Waals surface area (Å²) in [7, 11) is 1.61. The van der Waals surface area contributed by atoms with Crippen molar-refractivity contribution in [3.8, 4) is 5.75 Å². The van der Waals surface area contributed by atoms with Gasteiger partial charge >= 0.3 is 0 Å². The molecule has 1 saturated heterocycles. The average molecular weight is 295 g/mol. The first-order valence-electron chi connectivity index (χ1n) is 7.18. The molecule has 1 aromatic carbocycles. The van der Waals surface area contributed by atoms with E-state index in [0.29, 0.717) is 11.4 Å². The summed E-state index contributed by atoms with van der Waals surface area (Å²) in [6.45, 7) is 4.38. The number of nitrogens with two attached hydrogens (primary N) is 1. The summed E-state index contributed by atoms with van der Waals surface area (Å²) in [5, 5.41) is 2.66. The standard InChI is InChI=1S/C15H22FN3O2/c1-9(2)21-14-8-13(11(17)7-10(14)16)19-6-4-5-12(19)15(20)18-3/h7-9,12H,4-6,17H2,1-3H3,(H,18,20). The molecular formula is C15H22FN3O2. The Morgan fingerprint density at radius 3 is 2.86 bits per heavy atom. The summed E-state index contributed by atoms with van der Waals surface area (Å²) < 4.78 is 19.4. The van der Waals surface area contributed by atoms with Crippen LogP contribution in [0.15, 0.2) is 12.1 Å². The molecule has 5 nitrogen and oxygen atoms in total. The van der Waals surface area contributed by atoms with Crippen molar-refractivity contribution < 1.29 is 13.9 Å². The van der Waals surface area contributed by atoms with Crippen LogP contribution in [0.4, 0.5) is 15.8 Å². The van der Waals surface area contributed by atoms with E-state index in [0.717, 1.165) is 19.4 Å². The Labute approximate surface area is 124 Å². The smallest absolute Gasteiger partial charge is 0.242 e. The number of hydrogen-bond acceptors (Lipinski definition) is 4. The SMILES string of the molecule is CNC(=O)C1CCCN1c1cc(OC(C)C)c(F)cc1N. The van der Waals surface area contributed by atoms with E-state index in [2.05, 4.69) is 5.32 Å². The molecule has 6 heteroatoms. The predicted molar refractivity (Wildman–Crippen MR) is 81.0 cm³/mol. The number of anilines is 2. The summed E-state index contributed by atoms with van der Waals surface area (Å²) in [5.74, 6) is -0.375. The van der Waals surface area contributed by atoms with Gasteiger partial charge in [-0.25, -0.2) is 4.39 Å². The van der Waals surface area contributed by atoms with Crippen LogP contribution in [-0.4, -0.2) is 31.6 Å². The Kier molecular flexibility index (Phi) is 4.55. The maximum absolute atomic E-state index is 13.9. The van der Waals surface area contributed by atoms with Crippen LogP contribution in [-0.2, 0) is 4.79 Å². The second-order valence-electron chi connectivity index (χ2n) is 5.47. The van der Waals surface area contributed by atoms with Gasteiger partial charge in [0, 0.05) is 25.7 Å². The van der Waals surface area contributed by atoms with Crippen molar-refractivity contribution in [3.63, 3.8) is 0 Å². The van der Waals surface area contributed by atoms with Crippen LogP contribution < -0.4 is 20.7 Å². The van der Waals surface area contributed by atoms with Crippen LogP contribution in [0, 0.1) is 5.82 Å². The largest absolute Gasteiger partial charge is 0.488 e. The number of rotatable bonds is 4. The number of benzene rings is 1. The number of halogens is 1. The van der Waals surface area contributed by atoms with Crippen molar-refractivity contribution >= 4 is 17.3 Å². The lowest BCUT2D eigenvalue weighted by Crippen LogP contribution is -2.42. The Morgan fingerprint density at radius 2 is 2.24 bits per heavy atom. The normalized spacial score (nSPS) is 18.1. The van der Waals surface area contributed by atoms with E-state index in [4.69, 9.17) is 10.5 Å². The number of likely N-dealkylation sites (N-methyl/N-ethyl adjacent to an activating group) is 1. The number of carbonyl (C=O) groups is 1. The van der Waals surface area contributed by atoms with E-state index >= 15 is 0 Å². The van der Waals surface area contributed by atoms with Crippen LogP contribution in [0.2, 0.25) is 0 Å². The third-order valence-corrected chi connectivity index (χ3v) is 3.56. The van der Waals surface area contributed by atoms with Gasteiger partial charge in [-0.05, 0) is 26.7 Å². The molecule has 1 atom stereocenters. The molecular weight excluding hydrogens is 273 g/mol. The Bertz CT molecular complexity index is 534. The van der Waals surface area contributed by atoms with Gasteiger partial charge in [-0.3, -0.25) is 4.79 Å². The van der Waals surface area contributed by atoms with E-state index < -0.39 is 5.82 Å². The highest BCUT2D eigenvalue weighted by Gasteiger charge is 2.31. The first kappa shape index (κ1) is 15.4. The first-order valence-corrected chi connectivity index (χ1v) is 7.18. The number of carbonyl (C=O) groups excluding carboxylic acids is 1. The molecule has 0 spiro atoms. The molecule has 1 unspecified atom stereocenters. The highest BCUT2D eigenvalue weighted by atomic mass is 19.1. The van der Waals surface area contributed by atoms with E-state index in [1.807, 2.05) is 18.7 Å². The van der Waals surface area contributed by atoms with Crippen LogP contribution >= 0.6 is 0 Å². The zero-order valence-electron chi connectivity index (χ0n) is 12.6. The van der Waals surface area contributed by atoms with Gasteiger partial charge in [0.1, 0.15) is 6.04 Å². The number of nitrogens with one attached hydrogen (secondary N) is 1. The molecule has 1 heterocycles. The maximum atomic E-state index is 13.9. The molecule has 1 aromatic rings. The van der Waals surface area contributed by atoms with E-state index in [1.54, 1.807) is 13.1 Å². The second kappa shape index (κ2) is 6.20. The number of nitrogens with zero attached hydrogens (tertiary/aromatic N) is 1. The third-order valence-electron chi connectivity index (χ3n) is 3.56. The van der Waals surface area contributed by atoms with Gasteiger partial charge in [0.05, 0.1) is 17.5 Å². The van der Waals surface area contributed by atoms with Gasteiger partial charge in [-0.1, -0.05) is 0 Å². The molecule has 0 aromatic heterocycles. The van der Waals surface area contributed by atoms with Crippen LogP contribution in [0.5, 0.6) is 5.75 Å². The monoisotopic (exact) mass is 295 g/mol. The molecule has 0 bridgehead atoms. The molecule has 3 N–H and O–H groups in total. The van der Waals surface area contributed by atoms with Gasteiger partial charge in [0.2, 0.25) is 5.91 Å². The fourth-order valence-electron chi connectivity index (χ4n) is 2.65. The van der Waals surface area contributed by atoms with Crippen LogP contribution in [0.3, 0.4) is 0 Å². The summed E-state index contributed by atoms with van der Waals surface area (Å²) in [4.78, 5) is 13.9. The van der Waals surface area contributed by atoms with Crippen LogP contribution in [0.1, 0.15) is 26.7 Å². The fourth-order valence-corrected chi connectivity index (χ4v) is 2.65. The number of hydrogen-bond donors (Lipinski definition) is 2. The summed E-state index contributed by atoms with van der Waals surface area (Å²) in [5.41, 5.74) is 6.91. The first-order chi connectivity index (χ1) is 9.93. The summed E-state index contributed by atoms with van der Waals surface area (Å²) >= 11 is 0. The van der Waals surface area contributed by atoms with Crippen molar-refractivity contribution in [2.75, 3.05) is 24.2 Å². The number of amides is 1. The lowest BCUT2D eigenvalue weighted by atomic mass is 10.1. The molecule has 1 aliphatic rings. The topological polar surface area (TPSA) is 67.6 Å². The van der Waals surface area contributed by atoms with Gasteiger partial charge in [-0.15, -0.1) is 0 Å². The van der Waals surface area contributed by atoms with Gasteiger partial charge in [0.15, 0.2) is 11.6 Å². The minimum Gasteiger partial charge on any atom is -0.488 e. The van der Waals surface area contributed by atoms with Crippen molar-refractivity contribution in [2.24, 2.45) is 0 Å². The summed E-state index contributed by atoms with van der Waals surface area (Å²) in [6, 6.07) is 2.58. The van der Waals surface area contributed by atoms with Crippen molar-refractivity contribution in [1.29, 1.82) is 0 Å². The molecule has 0 aliphatic carbocycles. The minimum absolute atomic E-state index is 0.0532. The van der Waals surface area contributed by atoms with Crippen molar-refractivity contribution in [2.45, 2.75) is 38.8 Å². The van der Waals surface area contributed by atoms with Gasteiger partial charge in [0.25, 0.3) is 0 Å². The zero-order chi connectivity index (χ0) is 15.6. The van der Waals surface area contributed by atoms with Crippen molar-refractivity contribution in [3.05, 3.63) is 17.9 Å². The Morgan fingerprint density at radius 1 is 1.52 bits per heavy atom. The van der Waals surface area contributed by atoms with E-state index in [1.165, 1.54) is 6.07 Å². The third kappa shape index (κ3) is 3.20. The Hall–Kier alpha value is -1.98. The molecule has 1 aliphatic heterocycles. The molecule has 21 heavy (non-hydrogen) atoms. The average Bonchev–Trinajstić information content (AvgIpc) is 2.89. The van der Waals surface area contributed by atoms with E-state index in [-0.39, 0.29) is 23.8 Å². The van der Waals surface area contributed by atoms with E-state index in [9.17, 15) is 9.18 Å². The molecule has 116 valence electrons. The predicted octanol–water partition coefficient (Wildman–Crippen LogP) is 1.91. The fraction of sp³-hybridized carbons (Fsp3) is 0.533. The highest BCUT2D eigenvalue weighted by Crippen LogP contribution is 2.35. The molecule has 1 amide bonds. The lowest BCUT2D eigenvalue weighted by Gasteiger charge is -2.27. The van der Waals surface area contributed by atoms with Crippen LogP contribution in [0.25, 0.3) is 0 Å². The molecule has 2 rings (SSSR count).